The predicted molar refractivity (Wildman–Crippen MR) is 99.3 cm³/mol. The van der Waals surface area contributed by atoms with Crippen molar-refractivity contribution < 1.29 is 14.6 Å². The molecule has 0 bridgehead atoms. The molecule has 0 aliphatic heterocycles. The van der Waals surface area contributed by atoms with Gasteiger partial charge in [-0.1, -0.05) is 6.92 Å². The molecule has 8 atom stereocenters. The Labute approximate surface area is 153 Å². The van der Waals surface area contributed by atoms with Crippen molar-refractivity contribution in [1.29, 1.82) is 0 Å². The van der Waals surface area contributed by atoms with Gasteiger partial charge < -0.3 is 14.6 Å². The summed E-state index contributed by atoms with van der Waals surface area (Å²) in [5.74, 6) is 3.30. The summed E-state index contributed by atoms with van der Waals surface area (Å²) in [4.78, 5) is 0. The van der Waals surface area contributed by atoms with Gasteiger partial charge in [0.05, 0.1) is 12.2 Å². The number of rotatable bonds is 4. The molecular weight excluding hydrogens is 312 g/mol. The standard InChI is InChI=1S/C22H38O3/c1-21-10-9-19-17(18(21)6-7-20(21)25-3)5-4-15-14-16(23)8-11-22(15,19)12-13-24-2/h15-20,23H,4-14H2,1-3H3/t15-,16-,17-,18-,19-,20-,21-,22+/m0/s1. The molecule has 3 nitrogen and oxygen atoms in total. The highest BCUT2D eigenvalue weighted by Gasteiger charge is 2.61. The summed E-state index contributed by atoms with van der Waals surface area (Å²) in [6, 6.07) is 0. The van der Waals surface area contributed by atoms with Crippen LogP contribution in [-0.4, -0.2) is 38.1 Å². The fourth-order valence-electron chi connectivity index (χ4n) is 8.16. The van der Waals surface area contributed by atoms with Crippen LogP contribution in [0.15, 0.2) is 0 Å². The highest BCUT2D eigenvalue weighted by Crippen LogP contribution is 2.67. The third kappa shape index (κ3) is 2.72. The van der Waals surface area contributed by atoms with Gasteiger partial charge >= 0.3 is 0 Å². The van der Waals surface area contributed by atoms with Crippen LogP contribution >= 0.6 is 0 Å². The van der Waals surface area contributed by atoms with E-state index in [1.54, 1.807) is 0 Å². The molecule has 4 rings (SSSR count). The number of hydrogen-bond acceptors (Lipinski definition) is 3. The Morgan fingerprint density at radius 2 is 1.80 bits per heavy atom. The third-order valence-corrected chi connectivity index (χ3v) is 9.31. The first-order valence-corrected chi connectivity index (χ1v) is 10.7. The summed E-state index contributed by atoms with van der Waals surface area (Å²) in [6.45, 7) is 3.41. The van der Waals surface area contributed by atoms with E-state index in [-0.39, 0.29) is 6.10 Å². The normalized spacial score (nSPS) is 52.3. The largest absolute Gasteiger partial charge is 0.393 e. The molecule has 0 aromatic heterocycles. The van der Waals surface area contributed by atoms with Crippen molar-refractivity contribution >= 4 is 0 Å². The second-order valence-corrected chi connectivity index (χ2v) is 9.90. The maximum absolute atomic E-state index is 10.3. The number of hydrogen-bond donors (Lipinski definition) is 1. The molecule has 0 aromatic rings. The van der Waals surface area contributed by atoms with Crippen LogP contribution in [0.25, 0.3) is 0 Å². The van der Waals surface area contributed by atoms with E-state index in [0.29, 0.717) is 16.9 Å². The van der Waals surface area contributed by atoms with Crippen LogP contribution in [0, 0.1) is 34.5 Å². The molecule has 0 amide bonds. The first kappa shape index (κ1) is 18.3. The van der Waals surface area contributed by atoms with Crippen molar-refractivity contribution in [3.63, 3.8) is 0 Å². The summed E-state index contributed by atoms with van der Waals surface area (Å²) < 4.78 is 11.5. The SMILES string of the molecule is COCC[C@]12CC[C@H](O)C[C@@H]1CC[C@H]1[C@@H]3CC[C@H](OC)[C@@]3(C)CC[C@@H]12. The number of ether oxygens (including phenoxy) is 2. The van der Waals surface area contributed by atoms with Crippen LogP contribution in [0.5, 0.6) is 0 Å². The van der Waals surface area contributed by atoms with E-state index in [2.05, 4.69) is 6.92 Å². The Kier molecular flexibility index (Phi) is 4.96. The lowest BCUT2D eigenvalue weighted by Gasteiger charge is -2.62. The molecule has 144 valence electrons. The smallest absolute Gasteiger partial charge is 0.0627 e. The van der Waals surface area contributed by atoms with E-state index < -0.39 is 0 Å². The van der Waals surface area contributed by atoms with Crippen molar-refractivity contribution in [3.8, 4) is 0 Å². The van der Waals surface area contributed by atoms with Gasteiger partial charge in [-0.05, 0) is 98.7 Å². The fraction of sp³-hybridized carbons (Fsp3) is 1.00. The summed E-state index contributed by atoms with van der Waals surface area (Å²) >= 11 is 0. The monoisotopic (exact) mass is 350 g/mol. The van der Waals surface area contributed by atoms with E-state index in [0.717, 1.165) is 43.1 Å². The first-order chi connectivity index (χ1) is 12.0. The molecule has 0 heterocycles. The summed E-state index contributed by atoms with van der Waals surface area (Å²) in [7, 11) is 3.77. The quantitative estimate of drug-likeness (QED) is 0.815. The van der Waals surface area contributed by atoms with Crippen LogP contribution in [0.3, 0.4) is 0 Å². The lowest BCUT2D eigenvalue weighted by molar-refractivity contribution is -0.152. The highest BCUT2D eigenvalue weighted by atomic mass is 16.5. The van der Waals surface area contributed by atoms with Crippen LogP contribution in [-0.2, 0) is 9.47 Å². The Balaban J connectivity index is 1.62. The molecule has 3 heteroatoms. The third-order valence-electron chi connectivity index (χ3n) is 9.31. The number of aliphatic hydroxyl groups excluding tert-OH is 1. The van der Waals surface area contributed by atoms with E-state index in [4.69, 9.17) is 9.47 Å². The van der Waals surface area contributed by atoms with E-state index >= 15 is 0 Å². The fourth-order valence-corrected chi connectivity index (χ4v) is 8.16. The Morgan fingerprint density at radius 1 is 0.960 bits per heavy atom. The van der Waals surface area contributed by atoms with Gasteiger partial charge in [0.25, 0.3) is 0 Å². The summed E-state index contributed by atoms with van der Waals surface area (Å²) in [5.41, 5.74) is 0.837. The average Bonchev–Trinajstić information content (AvgIpc) is 2.96. The van der Waals surface area contributed by atoms with Gasteiger partial charge in [0.1, 0.15) is 0 Å². The average molecular weight is 351 g/mol. The van der Waals surface area contributed by atoms with Gasteiger partial charge in [-0.15, -0.1) is 0 Å². The molecule has 4 aliphatic carbocycles. The maximum Gasteiger partial charge on any atom is 0.0627 e. The lowest BCUT2D eigenvalue weighted by atomic mass is 9.44. The van der Waals surface area contributed by atoms with Gasteiger partial charge in [0.15, 0.2) is 0 Å². The van der Waals surface area contributed by atoms with Crippen molar-refractivity contribution in [2.45, 2.75) is 83.3 Å². The van der Waals surface area contributed by atoms with Gasteiger partial charge in [-0.3, -0.25) is 0 Å². The zero-order valence-corrected chi connectivity index (χ0v) is 16.5. The Morgan fingerprint density at radius 3 is 2.56 bits per heavy atom. The number of methoxy groups -OCH3 is 2. The molecule has 0 unspecified atom stereocenters. The van der Waals surface area contributed by atoms with Crippen LogP contribution in [0.4, 0.5) is 0 Å². The lowest BCUT2D eigenvalue weighted by Crippen LogP contribution is -2.56. The number of aliphatic hydroxyl groups is 1. The molecular formula is C22H38O3. The van der Waals surface area contributed by atoms with Gasteiger partial charge in [-0.2, -0.15) is 0 Å². The van der Waals surface area contributed by atoms with Crippen LogP contribution in [0.2, 0.25) is 0 Å². The minimum absolute atomic E-state index is 0.0598. The molecule has 0 aromatic carbocycles. The molecule has 4 fully saturated rings. The van der Waals surface area contributed by atoms with Gasteiger partial charge in [-0.25, -0.2) is 0 Å². The second-order valence-electron chi connectivity index (χ2n) is 9.90. The minimum Gasteiger partial charge on any atom is -0.393 e. The van der Waals surface area contributed by atoms with E-state index in [1.807, 2.05) is 14.2 Å². The summed E-state index contributed by atoms with van der Waals surface area (Å²) in [5, 5.41) is 10.3. The summed E-state index contributed by atoms with van der Waals surface area (Å²) in [6.07, 6.45) is 12.9. The van der Waals surface area contributed by atoms with Gasteiger partial charge in [0.2, 0.25) is 0 Å². The number of fused-ring (bicyclic) bond motifs is 5. The molecule has 25 heavy (non-hydrogen) atoms. The molecule has 1 N–H and O–H groups in total. The minimum atomic E-state index is -0.0598. The maximum atomic E-state index is 10.3. The molecule has 0 saturated heterocycles. The Bertz CT molecular complexity index is 476. The predicted octanol–water partition coefficient (Wildman–Crippen LogP) is 4.42. The second kappa shape index (κ2) is 6.80. The molecule has 0 radical (unpaired) electrons. The topological polar surface area (TPSA) is 38.7 Å². The van der Waals surface area contributed by atoms with E-state index in [1.165, 1.54) is 51.4 Å². The van der Waals surface area contributed by atoms with Crippen molar-refractivity contribution in [2.75, 3.05) is 20.8 Å². The Hall–Kier alpha value is -0.120. The molecule has 4 aliphatic rings. The van der Waals surface area contributed by atoms with Crippen LogP contribution in [0.1, 0.15) is 71.1 Å². The van der Waals surface area contributed by atoms with Crippen molar-refractivity contribution in [3.05, 3.63) is 0 Å². The zero-order valence-electron chi connectivity index (χ0n) is 16.5. The molecule has 0 spiro atoms. The van der Waals surface area contributed by atoms with Crippen LogP contribution < -0.4 is 0 Å². The molecule has 4 saturated carbocycles. The van der Waals surface area contributed by atoms with Gasteiger partial charge in [0, 0.05) is 20.8 Å². The first-order valence-electron chi connectivity index (χ1n) is 10.7. The highest BCUT2D eigenvalue weighted by molar-refractivity contribution is 5.10. The zero-order chi connectivity index (χ0) is 17.7. The van der Waals surface area contributed by atoms with E-state index in [9.17, 15) is 5.11 Å². The van der Waals surface area contributed by atoms with Crippen molar-refractivity contribution in [1.82, 2.24) is 0 Å². The van der Waals surface area contributed by atoms with Crippen molar-refractivity contribution in [2.24, 2.45) is 34.5 Å².